The van der Waals surface area contributed by atoms with Crippen LogP contribution in [0.25, 0.3) is 0 Å². The van der Waals surface area contributed by atoms with Crippen LogP contribution in [0.2, 0.25) is 0 Å². The van der Waals surface area contributed by atoms with E-state index < -0.39 is 0 Å². The van der Waals surface area contributed by atoms with Crippen LogP contribution in [-0.4, -0.2) is 21.3 Å². The predicted octanol–water partition coefficient (Wildman–Crippen LogP) is 1.75. The number of hydrogen-bond acceptors (Lipinski definition) is 3. The summed E-state index contributed by atoms with van der Waals surface area (Å²) in [5, 5.41) is 7.69. The van der Waals surface area contributed by atoms with E-state index in [1.54, 1.807) is 6.33 Å². The van der Waals surface area contributed by atoms with Crippen LogP contribution in [0, 0.1) is 5.92 Å². The molecular formula is C11H20N4. The molecule has 0 aromatic carbocycles. The number of rotatable bonds is 6. The molecule has 1 fully saturated rings. The minimum atomic E-state index is 0.519. The summed E-state index contributed by atoms with van der Waals surface area (Å²) in [5.41, 5.74) is 0. The highest BCUT2D eigenvalue weighted by molar-refractivity contribution is 4.91. The fourth-order valence-electron chi connectivity index (χ4n) is 1.90. The number of nitrogens with one attached hydrogen (secondary N) is 1. The van der Waals surface area contributed by atoms with Crippen LogP contribution >= 0.6 is 0 Å². The topological polar surface area (TPSA) is 42.7 Å². The Morgan fingerprint density at radius 1 is 1.60 bits per heavy atom. The van der Waals surface area contributed by atoms with Gasteiger partial charge in [-0.05, 0) is 38.6 Å². The molecule has 1 aliphatic carbocycles. The number of aromatic nitrogens is 3. The lowest BCUT2D eigenvalue weighted by molar-refractivity contribution is 0.416. The molecule has 0 radical (unpaired) electrons. The van der Waals surface area contributed by atoms with Crippen molar-refractivity contribution in [2.45, 2.75) is 45.7 Å². The molecule has 1 aliphatic rings. The van der Waals surface area contributed by atoms with Crippen LogP contribution in [0.5, 0.6) is 0 Å². The van der Waals surface area contributed by atoms with Gasteiger partial charge in [-0.2, -0.15) is 5.10 Å². The zero-order chi connectivity index (χ0) is 10.7. The van der Waals surface area contributed by atoms with Crippen LogP contribution in [0.15, 0.2) is 6.33 Å². The Bertz CT molecular complexity index is 303. The summed E-state index contributed by atoms with van der Waals surface area (Å²) in [4.78, 5) is 4.31. The lowest BCUT2D eigenvalue weighted by Gasteiger charge is -2.13. The van der Waals surface area contributed by atoms with E-state index in [0.29, 0.717) is 6.04 Å². The van der Waals surface area contributed by atoms with E-state index in [1.807, 2.05) is 0 Å². The van der Waals surface area contributed by atoms with Crippen molar-refractivity contribution < 1.29 is 0 Å². The third-order valence-corrected chi connectivity index (χ3v) is 3.05. The van der Waals surface area contributed by atoms with Gasteiger partial charge in [-0.3, -0.25) is 0 Å². The van der Waals surface area contributed by atoms with Crippen LogP contribution in [0.4, 0.5) is 0 Å². The summed E-state index contributed by atoms with van der Waals surface area (Å²) in [7, 11) is 0. The maximum absolute atomic E-state index is 4.32. The second-order valence-corrected chi connectivity index (χ2v) is 4.38. The maximum atomic E-state index is 4.32. The van der Waals surface area contributed by atoms with Crippen molar-refractivity contribution >= 4 is 0 Å². The molecule has 1 saturated carbocycles. The van der Waals surface area contributed by atoms with E-state index in [9.17, 15) is 0 Å². The molecule has 0 bridgehead atoms. The standard InChI is InChI=1S/C11H20N4/c1-3-6-12-7-11-13-8-14-15(11)9(2)10-4-5-10/h8-10,12H,3-7H2,1-2H3. The SMILES string of the molecule is CCCNCc1ncnn1C(C)C1CC1. The summed E-state index contributed by atoms with van der Waals surface area (Å²) >= 11 is 0. The molecule has 1 aromatic rings. The number of hydrogen-bond donors (Lipinski definition) is 1. The van der Waals surface area contributed by atoms with Crippen LogP contribution < -0.4 is 5.32 Å². The first-order chi connectivity index (χ1) is 7.33. The molecule has 15 heavy (non-hydrogen) atoms. The Kier molecular flexibility index (Phi) is 3.36. The van der Waals surface area contributed by atoms with Gasteiger partial charge in [0.15, 0.2) is 0 Å². The van der Waals surface area contributed by atoms with Crippen molar-refractivity contribution in [2.75, 3.05) is 6.54 Å². The summed E-state index contributed by atoms with van der Waals surface area (Å²) in [5.74, 6) is 1.90. The van der Waals surface area contributed by atoms with Gasteiger partial charge in [0, 0.05) is 0 Å². The molecule has 0 amide bonds. The third-order valence-electron chi connectivity index (χ3n) is 3.05. The summed E-state index contributed by atoms with van der Waals surface area (Å²) in [6.07, 6.45) is 5.53. The van der Waals surface area contributed by atoms with Gasteiger partial charge in [-0.25, -0.2) is 9.67 Å². The largest absolute Gasteiger partial charge is 0.310 e. The Hall–Kier alpha value is -0.900. The zero-order valence-electron chi connectivity index (χ0n) is 9.61. The van der Waals surface area contributed by atoms with Gasteiger partial charge < -0.3 is 5.32 Å². The summed E-state index contributed by atoms with van der Waals surface area (Å²) in [6, 6.07) is 0.519. The molecule has 0 aliphatic heterocycles. The minimum absolute atomic E-state index is 0.519. The van der Waals surface area contributed by atoms with E-state index in [2.05, 4.69) is 33.9 Å². The fourth-order valence-corrected chi connectivity index (χ4v) is 1.90. The normalized spacial score (nSPS) is 18.0. The molecule has 4 heteroatoms. The summed E-state index contributed by atoms with van der Waals surface area (Å²) < 4.78 is 2.08. The van der Waals surface area contributed by atoms with Crippen molar-refractivity contribution in [1.29, 1.82) is 0 Å². The molecule has 1 aromatic heterocycles. The first-order valence-corrected chi connectivity index (χ1v) is 5.92. The predicted molar refractivity (Wildman–Crippen MR) is 59.5 cm³/mol. The quantitative estimate of drug-likeness (QED) is 0.724. The Balaban J connectivity index is 1.94. The smallest absolute Gasteiger partial charge is 0.141 e. The second-order valence-electron chi connectivity index (χ2n) is 4.38. The monoisotopic (exact) mass is 208 g/mol. The summed E-state index contributed by atoms with van der Waals surface area (Å²) in [6.45, 7) is 6.30. The first-order valence-electron chi connectivity index (χ1n) is 5.92. The molecule has 2 rings (SSSR count). The van der Waals surface area contributed by atoms with Gasteiger partial charge in [0.05, 0.1) is 12.6 Å². The molecule has 0 spiro atoms. The molecule has 1 atom stereocenters. The van der Waals surface area contributed by atoms with Crippen molar-refractivity contribution in [2.24, 2.45) is 5.92 Å². The zero-order valence-corrected chi connectivity index (χ0v) is 9.61. The van der Waals surface area contributed by atoms with E-state index >= 15 is 0 Å². The lowest BCUT2D eigenvalue weighted by Crippen LogP contribution is -2.20. The molecule has 1 N–H and O–H groups in total. The maximum Gasteiger partial charge on any atom is 0.141 e. The Morgan fingerprint density at radius 3 is 3.07 bits per heavy atom. The second kappa shape index (κ2) is 4.75. The average molecular weight is 208 g/mol. The van der Waals surface area contributed by atoms with Crippen molar-refractivity contribution in [3.8, 4) is 0 Å². The highest BCUT2D eigenvalue weighted by Crippen LogP contribution is 2.39. The minimum Gasteiger partial charge on any atom is -0.310 e. The molecule has 4 nitrogen and oxygen atoms in total. The van der Waals surface area contributed by atoms with Crippen LogP contribution in [0.3, 0.4) is 0 Å². The molecular weight excluding hydrogens is 188 g/mol. The van der Waals surface area contributed by atoms with E-state index in [4.69, 9.17) is 0 Å². The van der Waals surface area contributed by atoms with Crippen molar-refractivity contribution in [3.63, 3.8) is 0 Å². The first kappa shape index (κ1) is 10.6. The van der Waals surface area contributed by atoms with E-state index in [1.165, 1.54) is 12.8 Å². The van der Waals surface area contributed by atoms with Crippen LogP contribution in [0.1, 0.15) is 45.0 Å². The highest BCUT2D eigenvalue weighted by Gasteiger charge is 2.30. The Morgan fingerprint density at radius 2 is 2.40 bits per heavy atom. The van der Waals surface area contributed by atoms with Crippen molar-refractivity contribution in [3.05, 3.63) is 12.2 Å². The lowest BCUT2D eigenvalue weighted by atomic mass is 10.2. The van der Waals surface area contributed by atoms with Gasteiger partial charge in [0.25, 0.3) is 0 Å². The van der Waals surface area contributed by atoms with Gasteiger partial charge in [0.2, 0.25) is 0 Å². The average Bonchev–Trinajstić information content (AvgIpc) is 2.98. The van der Waals surface area contributed by atoms with E-state index in [-0.39, 0.29) is 0 Å². The van der Waals surface area contributed by atoms with Crippen LogP contribution in [-0.2, 0) is 6.54 Å². The van der Waals surface area contributed by atoms with Gasteiger partial charge in [-0.1, -0.05) is 6.92 Å². The van der Waals surface area contributed by atoms with E-state index in [0.717, 1.165) is 31.3 Å². The molecule has 0 saturated heterocycles. The van der Waals surface area contributed by atoms with Gasteiger partial charge in [0.1, 0.15) is 12.2 Å². The van der Waals surface area contributed by atoms with Crippen molar-refractivity contribution in [1.82, 2.24) is 20.1 Å². The molecule has 1 unspecified atom stereocenters. The van der Waals surface area contributed by atoms with Gasteiger partial charge >= 0.3 is 0 Å². The molecule has 84 valence electrons. The molecule has 1 heterocycles. The number of nitrogens with zero attached hydrogens (tertiary/aromatic N) is 3. The fraction of sp³-hybridized carbons (Fsp3) is 0.818. The Labute approximate surface area is 91.1 Å². The highest BCUT2D eigenvalue weighted by atomic mass is 15.4. The third kappa shape index (κ3) is 2.56. The van der Waals surface area contributed by atoms with Gasteiger partial charge in [-0.15, -0.1) is 0 Å².